The van der Waals surface area contributed by atoms with Crippen LogP contribution in [-0.2, 0) is 0 Å². The van der Waals surface area contributed by atoms with Gasteiger partial charge in [0.25, 0.3) is 0 Å². The number of anilines is 1. The van der Waals surface area contributed by atoms with Crippen molar-refractivity contribution in [2.45, 2.75) is 27.7 Å². The number of nitrogens with zero attached hydrogens (tertiary/aromatic N) is 1. The number of amides is 2. The van der Waals surface area contributed by atoms with Crippen LogP contribution in [0.2, 0.25) is 0 Å². The van der Waals surface area contributed by atoms with Crippen LogP contribution >= 0.6 is 0 Å². The van der Waals surface area contributed by atoms with Crippen LogP contribution in [-0.4, -0.2) is 12.6 Å². The minimum atomic E-state index is -0.107. The summed E-state index contributed by atoms with van der Waals surface area (Å²) in [6.45, 7) is 8.86. The van der Waals surface area contributed by atoms with Crippen LogP contribution in [0, 0.1) is 5.41 Å². The molecule has 0 radical (unpaired) electrons. The molecule has 0 fully saturated rings. The first kappa shape index (κ1) is 14.3. The van der Waals surface area contributed by atoms with Crippen molar-refractivity contribution in [1.29, 1.82) is 0 Å². The molecule has 0 spiro atoms. The molecule has 0 bridgehead atoms. The van der Waals surface area contributed by atoms with Crippen molar-refractivity contribution < 1.29 is 4.79 Å². The predicted molar refractivity (Wildman–Crippen MR) is 76.6 cm³/mol. The topological polar surface area (TPSA) is 32.3 Å². The summed E-state index contributed by atoms with van der Waals surface area (Å²) in [5.41, 5.74) is 0.971. The van der Waals surface area contributed by atoms with E-state index < -0.39 is 0 Å². The zero-order valence-electron chi connectivity index (χ0n) is 11.6. The quantitative estimate of drug-likeness (QED) is 0.864. The molecule has 0 saturated carbocycles. The number of para-hydroxylation sites is 1. The molecule has 1 aromatic carbocycles. The molecular weight excluding hydrogens is 224 g/mol. The largest absolute Gasteiger partial charge is 0.325 e. The molecule has 1 aromatic rings. The smallest absolute Gasteiger partial charge is 0.315 e. The van der Waals surface area contributed by atoms with Gasteiger partial charge in [0.05, 0.1) is 0 Å². The number of carbonyl (C=O) groups is 1. The molecule has 0 saturated heterocycles. The standard InChI is InChI=1S/C15H22N2O/c1-5-17(13-9-7-6-8-10-13)14(18)16-12-11-15(2,3)4/h6-12H,5H2,1-4H3,(H,16,18)/b12-11+. The van der Waals surface area contributed by atoms with Gasteiger partial charge in [-0.25, -0.2) is 4.79 Å². The van der Waals surface area contributed by atoms with Gasteiger partial charge in [0.2, 0.25) is 0 Å². The van der Waals surface area contributed by atoms with E-state index in [-0.39, 0.29) is 11.4 Å². The second kappa shape index (κ2) is 6.24. The van der Waals surface area contributed by atoms with Gasteiger partial charge in [-0.3, -0.25) is 4.90 Å². The molecule has 0 aliphatic heterocycles. The van der Waals surface area contributed by atoms with Crippen LogP contribution in [0.5, 0.6) is 0 Å². The molecule has 18 heavy (non-hydrogen) atoms. The number of allylic oxidation sites excluding steroid dienone is 1. The van der Waals surface area contributed by atoms with Gasteiger partial charge in [-0.05, 0) is 24.5 Å². The molecule has 1 N–H and O–H groups in total. The maximum Gasteiger partial charge on any atom is 0.325 e. The zero-order valence-corrected chi connectivity index (χ0v) is 11.6. The Morgan fingerprint density at radius 2 is 1.89 bits per heavy atom. The second-order valence-electron chi connectivity index (χ2n) is 5.23. The number of hydrogen-bond acceptors (Lipinski definition) is 1. The third-order valence-corrected chi connectivity index (χ3v) is 2.42. The van der Waals surface area contributed by atoms with Crippen molar-refractivity contribution in [2.24, 2.45) is 5.41 Å². The molecule has 0 heterocycles. The lowest BCUT2D eigenvalue weighted by molar-refractivity contribution is 0.249. The van der Waals surface area contributed by atoms with E-state index in [9.17, 15) is 4.79 Å². The van der Waals surface area contributed by atoms with Crippen molar-refractivity contribution in [2.75, 3.05) is 11.4 Å². The van der Waals surface area contributed by atoms with Gasteiger partial charge in [0.1, 0.15) is 0 Å². The summed E-state index contributed by atoms with van der Waals surface area (Å²) in [4.78, 5) is 13.7. The van der Waals surface area contributed by atoms with Crippen LogP contribution < -0.4 is 10.2 Å². The Bertz CT molecular complexity index is 404. The number of rotatable bonds is 3. The Labute approximate surface area is 109 Å². The Kier molecular flexibility index (Phi) is 4.95. The van der Waals surface area contributed by atoms with Gasteiger partial charge in [-0.2, -0.15) is 0 Å². The Morgan fingerprint density at radius 3 is 2.39 bits per heavy atom. The molecule has 0 atom stereocenters. The number of benzene rings is 1. The normalized spacial score (nSPS) is 11.6. The highest BCUT2D eigenvalue weighted by Crippen LogP contribution is 2.15. The van der Waals surface area contributed by atoms with Crippen molar-refractivity contribution in [3.63, 3.8) is 0 Å². The predicted octanol–water partition coefficient (Wildman–Crippen LogP) is 3.78. The molecule has 0 aliphatic carbocycles. The molecule has 0 aliphatic rings. The zero-order chi connectivity index (χ0) is 13.6. The Hall–Kier alpha value is -1.77. The average molecular weight is 246 g/mol. The number of carbonyl (C=O) groups excluding carboxylic acids is 1. The molecule has 0 unspecified atom stereocenters. The minimum Gasteiger partial charge on any atom is -0.315 e. The number of urea groups is 1. The van der Waals surface area contributed by atoms with Crippen LogP contribution in [0.25, 0.3) is 0 Å². The molecule has 3 heteroatoms. The van der Waals surface area contributed by atoms with Crippen LogP contribution in [0.4, 0.5) is 10.5 Å². The lowest BCUT2D eigenvalue weighted by Crippen LogP contribution is -2.37. The molecule has 98 valence electrons. The van der Waals surface area contributed by atoms with E-state index in [1.165, 1.54) is 0 Å². The van der Waals surface area contributed by atoms with E-state index in [2.05, 4.69) is 26.1 Å². The maximum absolute atomic E-state index is 12.0. The summed E-state index contributed by atoms with van der Waals surface area (Å²) in [6, 6.07) is 9.54. The van der Waals surface area contributed by atoms with E-state index in [4.69, 9.17) is 0 Å². The van der Waals surface area contributed by atoms with E-state index in [1.54, 1.807) is 11.1 Å². The fraction of sp³-hybridized carbons (Fsp3) is 0.400. The number of hydrogen-bond donors (Lipinski definition) is 1. The third-order valence-electron chi connectivity index (χ3n) is 2.42. The van der Waals surface area contributed by atoms with Gasteiger partial charge in [0.15, 0.2) is 0 Å². The number of nitrogens with one attached hydrogen (secondary N) is 1. The maximum atomic E-state index is 12.0. The first-order chi connectivity index (χ1) is 8.44. The van der Waals surface area contributed by atoms with Gasteiger partial charge < -0.3 is 5.32 Å². The van der Waals surface area contributed by atoms with Gasteiger partial charge in [0, 0.05) is 18.4 Å². The molecule has 0 aromatic heterocycles. The summed E-state index contributed by atoms with van der Waals surface area (Å²) < 4.78 is 0. The second-order valence-corrected chi connectivity index (χ2v) is 5.23. The monoisotopic (exact) mass is 246 g/mol. The summed E-state index contributed by atoms with van der Waals surface area (Å²) in [5, 5.41) is 2.80. The Morgan fingerprint density at radius 1 is 1.28 bits per heavy atom. The van der Waals surface area contributed by atoms with Gasteiger partial charge in [-0.1, -0.05) is 45.0 Å². The van der Waals surface area contributed by atoms with Gasteiger partial charge >= 0.3 is 6.03 Å². The van der Waals surface area contributed by atoms with Crippen molar-refractivity contribution in [3.8, 4) is 0 Å². The van der Waals surface area contributed by atoms with Crippen molar-refractivity contribution >= 4 is 11.7 Å². The molecule has 1 rings (SSSR count). The van der Waals surface area contributed by atoms with Crippen molar-refractivity contribution in [3.05, 3.63) is 42.6 Å². The highest BCUT2D eigenvalue weighted by atomic mass is 16.2. The molecular formula is C15H22N2O. The summed E-state index contributed by atoms with van der Waals surface area (Å²) in [6.07, 6.45) is 3.69. The summed E-state index contributed by atoms with van der Waals surface area (Å²) >= 11 is 0. The molecule has 3 nitrogen and oxygen atoms in total. The van der Waals surface area contributed by atoms with E-state index in [0.717, 1.165) is 5.69 Å². The highest BCUT2D eigenvalue weighted by molar-refractivity contribution is 5.92. The van der Waals surface area contributed by atoms with E-state index >= 15 is 0 Å². The highest BCUT2D eigenvalue weighted by Gasteiger charge is 2.12. The minimum absolute atomic E-state index is 0.0665. The van der Waals surface area contributed by atoms with Crippen LogP contribution in [0.3, 0.4) is 0 Å². The van der Waals surface area contributed by atoms with Crippen LogP contribution in [0.1, 0.15) is 27.7 Å². The summed E-state index contributed by atoms with van der Waals surface area (Å²) in [7, 11) is 0. The fourth-order valence-electron chi connectivity index (χ4n) is 1.49. The Balaban J connectivity index is 2.67. The summed E-state index contributed by atoms with van der Waals surface area (Å²) in [5.74, 6) is 0. The first-order valence-corrected chi connectivity index (χ1v) is 6.25. The lowest BCUT2D eigenvalue weighted by Gasteiger charge is -2.20. The first-order valence-electron chi connectivity index (χ1n) is 6.25. The van der Waals surface area contributed by atoms with Gasteiger partial charge in [-0.15, -0.1) is 0 Å². The van der Waals surface area contributed by atoms with E-state index in [0.29, 0.717) is 6.54 Å². The van der Waals surface area contributed by atoms with Crippen molar-refractivity contribution in [1.82, 2.24) is 5.32 Å². The SMILES string of the molecule is CCN(C(=O)N/C=C/C(C)(C)C)c1ccccc1. The lowest BCUT2D eigenvalue weighted by atomic mass is 9.97. The fourth-order valence-corrected chi connectivity index (χ4v) is 1.49. The van der Waals surface area contributed by atoms with Crippen LogP contribution in [0.15, 0.2) is 42.6 Å². The molecule has 2 amide bonds. The third kappa shape index (κ3) is 4.62. The van der Waals surface area contributed by atoms with E-state index in [1.807, 2.05) is 43.3 Å². The average Bonchev–Trinajstić information content (AvgIpc) is 2.29.